The summed E-state index contributed by atoms with van der Waals surface area (Å²) in [5, 5.41) is 0. The van der Waals surface area contributed by atoms with E-state index in [1.54, 1.807) is 0 Å². The first-order chi connectivity index (χ1) is 14.5. The molecule has 2 saturated heterocycles. The highest BCUT2D eigenvalue weighted by molar-refractivity contribution is 7.42. The highest BCUT2D eigenvalue weighted by Gasteiger charge is 2.37. The van der Waals surface area contributed by atoms with Crippen LogP contribution in [0.5, 0.6) is 0 Å². The Bertz CT molecular complexity index is 463. The van der Waals surface area contributed by atoms with Crippen LogP contribution < -0.4 is 9.79 Å². The van der Waals surface area contributed by atoms with E-state index in [1.807, 2.05) is 0 Å². The molecule has 5 nitrogen and oxygen atoms in total. The second-order valence-electron chi connectivity index (χ2n) is 10.2. The molecule has 188 valence electrons. The molecule has 2 rings (SSSR count). The predicted molar refractivity (Wildman–Crippen MR) is 126 cm³/mol. The van der Waals surface area contributed by atoms with E-state index in [9.17, 15) is 4.20 Å². The van der Waals surface area contributed by atoms with Crippen LogP contribution >= 0.6 is 7.91 Å². The Morgan fingerprint density at radius 2 is 1.10 bits per heavy atom. The standard InChI is InChI=1S/2C12H26N.FH2O3P/c2*1-4-6-8-12-9-7-11-13(12,3)10-5-2;1-5(2,3)4/h2*12H,4-11H2,1-3H3;(H2,2,3,4)/q2*+1;/p-2. The fourth-order valence-corrected chi connectivity index (χ4v) is 5.77. The number of hydrogen-bond acceptors (Lipinski definition) is 3. The van der Waals surface area contributed by atoms with Crippen LogP contribution in [0.2, 0.25) is 0 Å². The van der Waals surface area contributed by atoms with Crippen LogP contribution in [0.25, 0.3) is 0 Å². The van der Waals surface area contributed by atoms with Crippen LogP contribution in [0.15, 0.2) is 0 Å². The lowest BCUT2D eigenvalue weighted by Crippen LogP contribution is -2.48. The van der Waals surface area contributed by atoms with Crippen LogP contribution in [0.3, 0.4) is 0 Å². The predicted octanol–water partition coefficient (Wildman–Crippen LogP) is 5.18. The fraction of sp³-hybridized carbons (Fsp3) is 1.00. The minimum atomic E-state index is -5.64. The monoisotopic (exact) mass is 466 g/mol. The lowest BCUT2D eigenvalue weighted by atomic mass is 10.1. The van der Waals surface area contributed by atoms with Crippen molar-refractivity contribution in [3.8, 4) is 0 Å². The molecule has 0 spiro atoms. The molecule has 0 aromatic carbocycles. The zero-order valence-electron chi connectivity index (χ0n) is 21.4. The Morgan fingerprint density at radius 1 is 0.774 bits per heavy atom. The van der Waals surface area contributed by atoms with Gasteiger partial charge in [-0.25, -0.2) is 4.20 Å². The van der Waals surface area contributed by atoms with Crippen LogP contribution in [-0.4, -0.2) is 61.3 Å². The van der Waals surface area contributed by atoms with E-state index >= 15 is 0 Å². The summed E-state index contributed by atoms with van der Waals surface area (Å²) in [5.41, 5.74) is 0. The first kappa shape index (κ1) is 31.0. The highest BCUT2D eigenvalue weighted by atomic mass is 31.2. The zero-order valence-corrected chi connectivity index (χ0v) is 22.3. The first-order valence-electron chi connectivity index (χ1n) is 12.9. The van der Waals surface area contributed by atoms with Gasteiger partial charge in [-0.3, -0.25) is 0 Å². The topological polar surface area (TPSA) is 63.2 Å². The summed E-state index contributed by atoms with van der Waals surface area (Å²) in [5.74, 6) is 0. The molecule has 0 aromatic rings. The zero-order chi connectivity index (χ0) is 24.0. The van der Waals surface area contributed by atoms with Crippen LogP contribution in [0, 0.1) is 0 Å². The Kier molecular flexibility index (Phi) is 15.8. The first-order valence-corrected chi connectivity index (χ1v) is 14.3. The largest absolute Gasteiger partial charge is 0.786 e. The fourth-order valence-electron chi connectivity index (χ4n) is 5.77. The molecule has 4 atom stereocenters. The third-order valence-corrected chi connectivity index (χ3v) is 7.43. The van der Waals surface area contributed by atoms with E-state index in [0.29, 0.717) is 0 Å². The molecule has 0 saturated carbocycles. The van der Waals surface area contributed by atoms with Crippen molar-refractivity contribution in [1.29, 1.82) is 0 Å². The van der Waals surface area contributed by atoms with Crippen molar-refractivity contribution in [2.24, 2.45) is 0 Å². The molecule has 4 unspecified atom stereocenters. The van der Waals surface area contributed by atoms with Gasteiger partial charge >= 0.3 is 0 Å². The van der Waals surface area contributed by atoms with E-state index in [1.165, 1.54) is 112 Å². The van der Waals surface area contributed by atoms with E-state index in [4.69, 9.17) is 14.4 Å². The summed E-state index contributed by atoms with van der Waals surface area (Å²) in [4.78, 5) is 16.9. The molecule has 2 aliphatic rings. The van der Waals surface area contributed by atoms with Gasteiger partial charge in [0.2, 0.25) is 0 Å². The van der Waals surface area contributed by atoms with Gasteiger partial charge in [-0.2, -0.15) is 0 Å². The van der Waals surface area contributed by atoms with Crippen molar-refractivity contribution in [1.82, 2.24) is 0 Å². The van der Waals surface area contributed by atoms with E-state index in [2.05, 4.69) is 41.8 Å². The van der Waals surface area contributed by atoms with E-state index in [-0.39, 0.29) is 0 Å². The molecule has 2 heterocycles. The number of unbranched alkanes of at least 4 members (excludes halogenated alkanes) is 2. The van der Waals surface area contributed by atoms with Gasteiger partial charge in [0, 0.05) is 25.7 Å². The van der Waals surface area contributed by atoms with Crippen molar-refractivity contribution in [2.45, 2.75) is 117 Å². The summed E-state index contributed by atoms with van der Waals surface area (Å²) in [6, 6.07) is 1.97. The number of hydrogen-bond donors (Lipinski definition) is 0. The molecule has 0 aromatic heterocycles. The van der Waals surface area contributed by atoms with Crippen molar-refractivity contribution in [3.63, 3.8) is 0 Å². The molecule has 0 amide bonds. The van der Waals surface area contributed by atoms with Gasteiger partial charge < -0.3 is 23.3 Å². The average Bonchev–Trinajstić information content (AvgIpc) is 3.20. The number of halogens is 1. The molecule has 2 aliphatic heterocycles. The van der Waals surface area contributed by atoms with Crippen molar-refractivity contribution in [2.75, 3.05) is 40.3 Å². The molecule has 7 heteroatoms. The van der Waals surface area contributed by atoms with Crippen LogP contribution in [0.4, 0.5) is 4.20 Å². The maximum atomic E-state index is 10.1. The molecule has 31 heavy (non-hydrogen) atoms. The summed E-state index contributed by atoms with van der Waals surface area (Å²) < 4.78 is 21.3. The lowest BCUT2D eigenvalue weighted by Gasteiger charge is -2.36. The second-order valence-corrected chi connectivity index (χ2v) is 11.0. The number of nitrogens with zero attached hydrogens (tertiary/aromatic N) is 2. The van der Waals surface area contributed by atoms with Crippen molar-refractivity contribution < 1.29 is 27.5 Å². The third-order valence-electron chi connectivity index (χ3n) is 7.43. The van der Waals surface area contributed by atoms with Gasteiger partial charge in [-0.15, -0.1) is 0 Å². The average molecular weight is 467 g/mol. The van der Waals surface area contributed by atoms with Gasteiger partial charge in [0.25, 0.3) is 0 Å². The lowest BCUT2D eigenvalue weighted by molar-refractivity contribution is -0.921. The molecular weight excluding hydrogens is 414 g/mol. The highest BCUT2D eigenvalue weighted by Crippen LogP contribution is 2.29. The molecule has 2 fully saturated rings. The van der Waals surface area contributed by atoms with E-state index in [0.717, 1.165) is 12.1 Å². The van der Waals surface area contributed by atoms with Gasteiger partial charge in [-0.1, -0.05) is 40.5 Å². The number of rotatable bonds is 10. The minimum Gasteiger partial charge on any atom is -0.786 e. The molecule has 0 N–H and O–H groups in total. The number of likely N-dealkylation sites (tertiary alicyclic amines) is 2. The van der Waals surface area contributed by atoms with Gasteiger partial charge in [0.1, 0.15) is 7.91 Å². The molecule has 0 aliphatic carbocycles. The maximum absolute atomic E-state index is 10.1. The third kappa shape index (κ3) is 13.3. The van der Waals surface area contributed by atoms with Gasteiger partial charge in [-0.05, 0) is 38.5 Å². The molecular formula is C24H52FN2O3P. The molecule has 0 bridgehead atoms. The van der Waals surface area contributed by atoms with Crippen LogP contribution in [0.1, 0.15) is 105 Å². The van der Waals surface area contributed by atoms with Crippen molar-refractivity contribution in [3.05, 3.63) is 0 Å². The second kappa shape index (κ2) is 15.8. The van der Waals surface area contributed by atoms with E-state index < -0.39 is 7.91 Å². The summed E-state index contributed by atoms with van der Waals surface area (Å²) >= 11 is 0. The quantitative estimate of drug-likeness (QED) is 0.329. The molecule has 0 radical (unpaired) electrons. The van der Waals surface area contributed by atoms with Gasteiger partial charge in [0.05, 0.1) is 52.4 Å². The van der Waals surface area contributed by atoms with Gasteiger partial charge in [0.15, 0.2) is 0 Å². The Labute approximate surface area is 192 Å². The van der Waals surface area contributed by atoms with Crippen molar-refractivity contribution >= 4 is 7.91 Å². The summed E-state index contributed by atoms with van der Waals surface area (Å²) in [6.45, 7) is 14.9. The summed E-state index contributed by atoms with van der Waals surface area (Å²) in [6.07, 6.45) is 17.1. The summed E-state index contributed by atoms with van der Waals surface area (Å²) in [7, 11) is -0.701. The smallest absolute Gasteiger partial charge is 0.110 e. The minimum absolute atomic E-state index is 0.986. The SMILES string of the molecule is CCCCC1CCC[N+]1(C)CCC.CCCCC1CCC[N+]1(C)CCC.O=P([O-])([O-])F. The Morgan fingerprint density at radius 3 is 1.35 bits per heavy atom. The number of quaternary nitrogens is 2. The Balaban J connectivity index is 0.000000479. The maximum Gasteiger partial charge on any atom is 0.110 e. The Hall–Kier alpha value is -0.0000000000000000555. The van der Waals surface area contributed by atoms with Crippen LogP contribution in [-0.2, 0) is 4.57 Å². The normalized spacial score (nSPS) is 30.4.